The van der Waals surface area contributed by atoms with Crippen molar-refractivity contribution in [3.63, 3.8) is 0 Å². The minimum atomic E-state index is 0.543. The maximum atomic E-state index is 3.85. The van der Waals surface area contributed by atoms with E-state index in [0.717, 1.165) is 23.9 Å². The van der Waals surface area contributed by atoms with Crippen LogP contribution >= 0.6 is 0 Å². The first-order valence-corrected chi connectivity index (χ1v) is 9.33. The van der Waals surface area contributed by atoms with Gasteiger partial charge in [-0.15, -0.1) is 0 Å². The lowest BCUT2D eigenvalue weighted by Gasteiger charge is -2.50. The molecule has 2 heteroatoms. The van der Waals surface area contributed by atoms with Gasteiger partial charge in [-0.05, 0) is 36.5 Å². The summed E-state index contributed by atoms with van der Waals surface area (Å²) in [7, 11) is 0. The van der Waals surface area contributed by atoms with E-state index in [9.17, 15) is 0 Å². The molecule has 1 saturated carbocycles. The van der Waals surface area contributed by atoms with Crippen LogP contribution in [0.4, 0.5) is 0 Å². The summed E-state index contributed by atoms with van der Waals surface area (Å²) in [6.45, 7) is 16.9. The van der Waals surface area contributed by atoms with Crippen LogP contribution in [0.15, 0.2) is 0 Å². The third-order valence-corrected chi connectivity index (χ3v) is 6.17. The first kappa shape index (κ1) is 17.3. The fourth-order valence-electron chi connectivity index (χ4n) is 4.46. The first-order chi connectivity index (χ1) is 9.84. The number of rotatable bonds is 4. The second-order valence-electron chi connectivity index (χ2n) is 8.82. The van der Waals surface area contributed by atoms with E-state index in [0.29, 0.717) is 11.5 Å². The van der Waals surface area contributed by atoms with Crippen LogP contribution in [0.25, 0.3) is 0 Å². The van der Waals surface area contributed by atoms with Crippen molar-refractivity contribution in [3.05, 3.63) is 0 Å². The van der Waals surface area contributed by atoms with Crippen LogP contribution in [-0.4, -0.2) is 36.1 Å². The van der Waals surface area contributed by atoms with E-state index in [2.05, 4.69) is 51.8 Å². The Morgan fingerprint density at radius 1 is 1.24 bits per heavy atom. The van der Waals surface area contributed by atoms with Crippen LogP contribution in [0.5, 0.6) is 0 Å². The lowest BCUT2D eigenvalue weighted by molar-refractivity contribution is 0.00605. The maximum Gasteiger partial charge on any atom is 0.0247 e. The molecule has 0 aromatic rings. The van der Waals surface area contributed by atoms with Crippen LogP contribution in [0, 0.1) is 17.3 Å². The molecule has 0 spiro atoms. The monoisotopic (exact) mass is 294 g/mol. The SMILES string of the molecule is CCC(C)C1CN(C2CCCC(C)(C)C2)C(C(C)C)CN1. The highest BCUT2D eigenvalue weighted by molar-refractivity contribution is 4.95. The standard InChI is InChI=1S/C19H38N2/c1-7-15(4)17-13-21(18(12-20-17)14(2)3)16-9-8-10-19(5,6)11-16/h14-18,20H,7-13H2,1-6H3. The maximum absolute atomic E-state index is 3.85. The summed E-state index contributed by atoms with van der Waals surface area (Å²) >= 11 is 0. The Morgan fingerprint density at radius 3 is 2.52 bits per heavy atom. The van der Waals surface area contributed by atoms with E-state index in [4.69, 9.17) is 0 Å². The number of hydrogen-bond donors (Lipinski definition) is 1. The van der Waals surface area contributed by atoms with E-state index >= 15 is 0 Å². The summed E-state index contributed by atoms with van der Waals surface area (Å²) in [6, 6.07) is 2.23. The van der Waals surface area contributed by atoms with Gasteiger partial charge < -0.3 is 5.32 Å². The first-order valence-electron chi connectivity index (χ1n) is 9.33. The Hall–Kier alpha value is -0.0800. The zero-order valence-electron chi connectivity index (χ0n) is 15.3. The molecular weight excluding hydrogens is 256 g/mol. The molecule has 1 aliphatic heterocycles. The van der Waals surface area contributed by atoms with E-state index in [1.54, 1.807) is 0 Å². The highest BCUT2D eigenvalue weighted by atomic mass is 15.3. The van der Waals surface area contributed by atoms with Crippen molar-refractivity contribution in [2.24, 2.45) is 17.3 Å². The molecule has 21 heavy (non-hydrogen) atoms. The van der Waals surface area contributed by atoms with Crippen molar-refractivity contribution in [1.29, 1.82) is 0 Å². The molecule has 2 nitrogen and oxygen atoms in total. The predicted octanol–water partition coefficient (Wildman–Crippen LogP) is 4.30. The summed E-state index contributed by atoms with van der Waals surface area (Å²) in [6.07, 6.45) is 6.93. The molecule has 2 aliphatic rings. The lowest BCUT2D eigenvalue weighted by Crippen LogP contribution is -2.63. The topological polar surface area (TPSA) is 15.3 Å². The number of nitrogens with one attached hydrogen (secondary N) is 1. The fraction of sp³-hybridized carbons (Fsp3) is 1.00. The van der Waals surface area contributed by atoms with Crippen LogP contribution in [0.2, 0.25) is 0 Å². The minimum Gasteiger partial charge on any atom is -0.311 e. The smallest absolute Gasteiger partial charge is 0.0247 e. The highest BCUT2D eigenvalue weighted by Crippen LogP contribution is 2.39. The van der Waals surface area contributed by atoms with E-state index in [-0.39, 0.29) is 0 Å². The Morgan fingerprint density at radius 2 is 1.95 bits per heavy atom. The van der Waals surface area contributed by atoms with Crippen molar-refractivity contribution < 1.29 is 0 Å². The van der Waals surface area contributed by atoms with Gasteiger partial charge in [0.2, 0.25) is 0 Å². The molecule has 4 atom stereocenters. The normalized spacial score (nSPS) is 35.9. The number of piperazine rings is 1. The lowest BCUT2D eigenvalue weighted by atomic mass is 9.73. The second-order valence-corrected chi connectivity index (χ2v) is 8.82. The molecule has 0 aromatic carbocycles. The Balaban J connectivity index is 2.10. The third kappa shape index (κ3) is 4.22. The molecule has 0 amide bonds. The van der Waals surface area contributed by atoms with E-state index in [1.165, 1.54) is 45.2 Å². The molecule has 1 saturated heterocycles. The van der Waals surface area contributed by atoms with Crippen molar-refractivity contribution in [3.8, 4) is 0 Å². The van der Waals surface area contributed by atoms with E-state index < -0.39 is 0 Å². The van der Waals surface area contributed by atoms with E-state index in [1.807, 2.05) is 0 Å². The molecule has 124 valence electrons. The Labute approximate surface area is 133 Å². The molecule has 0 aromatic heterocycles. The van der Waals surface area contributed by atoms with Gasteiger partial charge in [0, 0.05) is 31.2 Å². The van der Waals surface area contributed by atoms with Crippen molar-refractivity contribution in [2.45, 2.75) is 91.8 Å². The average molecular weight is 295 g/mol. The minimum absolute atomic E-state index is 0.543. The molecule has 2 rings (SSSR count). The van der Waals surface area contributed by atoms with Crippen molar-refractivity contribution in [1.82, 2.24) is 10.2 Å². The number of nitrogens with zero attached hydrogens (tertiary/aromatic N) is 1. The van der Waals surface area contributed by atoms with Gasteiger partial charge in [-0.1, -0.05) is 54.4 Å². The molecule has 1 N–H and O–H groups in total. The van der Waals surface area contributed by atoms with Gasteiger partial charge >= 0.3 is 0 Å². The zero-order chi connectivity index (χ0) is 15.6. The second kappa shape index (κ2) is 7.00. The predicted molar refractivity (Wildman–Crippen MR) is 92.6 cm³/mol. The third-order valence-electron chi connectivity index (χ3n) is 6.17. The van der Waals surface area contributed by atoms with Crippen LogP contribution in [-0.2, 0) is 0 Å². The molecule has 1 heterocycles. The summed E-state index contributed by atoms with van der Waals surface area (Å²) in [5, 5.41) is 3.85. The summed E-state index contributed by atoms with van der Waals surface area (Å²) in [5.41, 5.74) is 0.543. The fourth-order valence-corrected chi connectivity index (χ4v) is 4.46. The highest BCUT2D eigenvalue weighted by Gasteiger charge is 2.39. The van der Waals surface area contributed by atoms with Crippen LogP contribution < -0.4 is 5.32 Å². The van der Waals surface area contributed by atoms with Gasteiger partial charge in [0.1, 0.15) is 0 Å². The van der Waals surface area contributed by atoms with Crippen molar-refractivity contribution in [2.75, 3.05) is 13.1 Å². The Kier molecular flexibility index (Phi) is 5.76. The van der Waals surface area contributed by atoms with Gasteiger partial charge in [-0.2, -0.15) is 0 Å². The molecule has 1 aliphatic carbocycles. The summed E-state index contributed by atoms with van der Waals surface area (Å²) < 4.78 is 0. The van der Waals surface area contributed by atoms with Gasteiger partial charge in [-0.25, -0.2) is 0 Å². The largest absolute Gasteiger partial charge is 0.311 e. The van der Waals surface area contributed by atoms with Gasteiger partial charge in [0.25, 0.3) is 0 Å². The molecule has 4 unspecified atom stereocenters. The van der Waals surface area contributed by atoms with Gasteiger partial charge in [0.05, 0.1) is 0 Å². The molecule has 0 bridgehead atoms. The zero-order valence-corrected chi connectivity index (χ0v) is 15.3. The van der Waals surface area contributed by atoms with Crippen LogP contribution in [0.3, 0.4) is 0 Å². The number of hydrogen-bond acceptors (Lipinski definition) is 2. The molecular formula is C19H38N2. The summed E-state index contributed by atoms with van der Waals surface area (Å²) in [4.78, 5) is 2.90. The quantitative estimate of drug-likeness (QED) is 0.831. The summed E-state index contributed by atoms with van der Waals surface area (Å²) in [5.74, 6) is 1.54. The van der Waals surface area contributed by atoms with Gasteiger partial charge in [0.15, 0.2) is 0 Å². The van der Waals surface area contributed by atoms with Crippen molar-refractivity contribution >= 4 is 0 Å². The molecule has 2 fully saturated rings. The van der Waals surface area contributed by atoms with Gasteiger partial charge in [-0.3, -0.25) is 4.90 Å². The molecule has 0 radical (unpaired) electrons. The van der Waals surface area contributed by atoms with Crippen LogP contribution in [0.1, 0.15) is 73.6 Å². The Bertz CT molecular complexity index is 324. The average Bonchev–Trinajstić information content (AvgIpc) is 2.44.